The quantitative estimate of drug-likeness (QED) is 0.721. The van der Waals surface area contributed by atoms with Crippen molar-refractivity contribution in [2.24, 2.45) is 0 Å². The molecule has 0 atom stereocenters. The molecule has 0 saturated carbocycles. The molecular formula is C14H17N3O. The number of anilines is 3. The minimum Gasteiger partial charge on any atom is -0.508 e. The normalized spacial score (nSPS) is 10.4. The van der Waals surface area contributed by atoms with E-state index in [4.69, 9.17) is 0 Å². The summed E-state index contributed by atoms with van der Waals surface area (Å²) in [5, 5.41) is 15.8. The second kappa shape index (κ2) is 5.40. The van der Waals surface area contributed by atoms with Crippen LogP contribution in [0, 0.1) is 0 Å². The molecule has 0 spiro atoms. The highest BCUT2D eigenvalue weighted by Gasteiger charge is 2.04. The van der Waals surface area contributed by atoms with E-state index in [0.29, 0.717) is 6.04 Å². The van der Waals surface area contributed by atoms with Crippen LogP contribution < -0.4 is 10.6 Å². The summed E-state index contributed by atoms with van der Waals surface area (Å²) in [5.41, 5.74) is 1.85. The zero-order valence-corrected chi connectivity index (χ0v) is 10.5. The van der Waals surface area contributed by atoms with E-state index in [1.165, 1.54) is 0 Å². The largest absolute Gasteiger partial charge is 0.508 e. The van der Waals surface area contributed by atoms with Gasteiger partial charge < -0.3 is 15.7 Å². The fraction of sp³-hybridized carbons (Fsp3) is 0.214. The maximum absolute atomic E-state index is 9.24. The number of aromatic nitrogens is 1. The molecule has 1 aromatic carbocycles. The molecule has 4 heteroatoms. The second-order valence-corrected chi connectivity index (χ2v) is 4.37. The van der Waals surface area contributed by atoms with Crippen LogP contribution in [0.4, 0.5) is 17.2 Å². The first-order valence-electron chi connectivity index (χ1n) is 5.93. The third-order valence-electron chi connectivity index (χ3n) is 2.38. The van der Waals surface area contributed by atoms with Crippen LogP contribution in [0.3, 0.4) is 0 Å². The maximum atomic E-state index is 9.24. The van der Waals surface area contributed by atoms with E-state index in [2.05, 4.69) is 29.5 Å². The Hall–Kier alpha value is -2.23. The predicted octanol–water partition coefficient (Wildman–Crippen LogP) is 3.35. The van der Waals surface area contributed by atoms with Gasteiger partial charge in [-0.25, -0.2) is 4.98 Å². The van der Waals surface area contributed by atoms with Crippen molar-refractivity contribution < 1.29 is 5.11 Å². The van der Waals surface area contributed by atoms with Gasteiger partial charge in [-0.2, -0.15) is 0 Å². The number of aromatic hydroxyl groups is 1. The van der Waals surface area contributed by atoms with Crippen LogP contribution in [-0.4, -0.2) is 16.1 Å². The smallest absolute Gasteiger partial charge is 0.153 e. The number of hydrogen-bond acceptors (Lipinski definition) is 4. The van der Waals surface area contributed by atoms with Gasteiger partial charge in [-0.15, -0.1) is 0 Å². The summed E-state index contributed by atoms with van der Waals surface area (Å²) in [6.07, 6.45) is 1.74. The van der Waals surface area contributed by atoms with E-state index >= 15 is 0 Å². The average molecular weight is 243 g/mol. The topological polar surface area (TPSA) is 57.2 Å². The molecule has 0 aliphatic heterocycles. The number of benzene rings is 1. The molecule has 2 aromatic rings. The van der Waals surface area contributed by atoms with Gasteiger partial charge in [-0.05, 0) is 50.2 Å². The summed E-state index contributed by atoms with van der Waals surface area (Å²) in [6.45, 7) is 4.16. The van der Waals surface area contributed by atoms with Crippen LogP contribution in [0.2, 0.25) is 0 Å². The highest BCUT2D eigenvalue weighted by Crippen LogP contribution is 2.24. The lowest BCUT2D eigenvalue weighted by Gasteiger charge is -2.14. The highest BCUT2D eigenvalue weighted by atomic mass is 16.3. The minimum absolute atomic E-state index is 0.252. The first kappa shape index (κ1) is 12.2. The number of hydrogen-bond donors (Lipinski definition) is 3. The molecule has 0 aliphatic rings. The molecule has 1 aromatic heterocycles. The first-order valence-corrected chi connectivity index (χ1v) is 5.93. The van der Waals surface area contributed by atoms with Gasteiger partial charge in [0.15, 0.2) is 5.82 Å². The van der Waals surface area contributed by atoms with Crippen LogP contribution in [0.1, 0.15) is 13.8 Å². The van der Waals surface area contributed by atoms with Gasteiger partial charge in [0, 0.05) is 17.9 Å². The number of phenols is 1. The summed E-state index contributed by atoms with van der Waals surface area (Å²) in [5.74, 6) is 1.03. The lowest BCUT2D eigenvalue weighted by Crippen LogP contribution is -2.11. The van der Waals surface area contributed by atoms with Crippen LogP contribution in [-0.2, 0) is 0 Å². The predicted molar refractivity (Wildman–Crippen MR) is 74.4 cm³/mol. The standard InChI is InChI=1S/C14H17N3O/c1-10(2)16-13-4-3-9-15-14(13)17-11-5-7-12(18)8-6-11/h3-10,16,18H,1-2H3,(H,15,17). The maximum Gasteiger partial charge on any atom is 0.153 e. The summed E-state index contributed by atoms with van der Waals surface area (Å²) >= 11 is 0. The van der Waals surface area contributed by atoms with Crippen molar-refractivity contribution in [3.63, 3.8) is 0 Å². The summed E-state index contributed by atoms with van der Waals surface area (Å²) in [6, 6.07) is 11.1. The zero-order valence-electron chi connectivity index (χ0n) is 10.5. The molecule has 94 valence electrons. The van der Waals surface area contributed by atoms with E-state index in [1.54, 1.807) is 18.3 Å². The van der Waals surface area contributed by atoms with Gasteiger partial charge in [-0.3, -0.25) is 0 Å². The third-order valence-corrected chi connectivity index (χ3v) is 2.38. The number of rotatable bonds is 4. The Balaban J connectivity index is 2.20. The molecule has 0 saturated heterocycles. The fourth-order valence-electron chi connectivity index (χ4n) is 1.61. The second-order valence-electron chi connectivity index (χ2n) is 4.37. The third kappa shape index (κ3) is 3.13. The Kier molecular flexibility index (Phi) is 3.67. The molecule has 2 rings (SSSR count). The molecule has 0 amide bonds. The molecule has 0 unspecified atom stereocenters. The van der Waals surface area contributed by atoms with E-state index in [1.807, 2.05) is 24.3 Å². The van der Waals surface area contributed by atoms with Gasteiger partial charge in [-0.1, -0.05) is 0 Å². The molecule has 4 nitrogen and oxygen atoms in total. The number of pyridine rings is 1. The van der Waals surface area contributed by atoms with Crippen molar-refractivity contribution in [1.29, 1.82) is 0 Å². The highest BCUT2D eigenvalue weighted by molar-refractivity contribution is 5.70. The SMILES string of the molecule is CC(C)Nc1cccnc1Nc1ccc(O)cc1. The van der Waals surface area contributed by atoms with Crippen molar-refractivity contribution in [1.82, 2.24) is 4.98 Å². The van der Waals surface area contributed by atoms with Crippen LogP contribution in [0.25, 0.3) is 0 Å². The molecule has 0 aliphatic carbocycles. The van der Waals surface area contributed by atoms with E-state index in [-0.39, 0.29) is 5.75 Å². The number of nitrogens with zero attached hydrogens (tertiary/aromatic N) is 1. The number of phenolic OH excluding ortho intramolecular Hbond substituents is 1. The van der Waals surface area contributed by atoms with Crippen molar-refractivity contribution in [2.45, 2.75) is 19.9 Å². The van der Waals surface area contributed by atoms with Crippen molar-refractivity contribution in [3.05, 3.63) is 42.6 Å². The molecular weight excluding hydrogens is 226 g/mol. The van der Waals surface area contributed by atoms with Crippen LogP contribution in [0.5, 0.6) is 5.75 Å². The van der Waals surface area contributed by atoms with Crippen molar-refractivity contribution in [3.8, 4) is 5.75 Å². The van der Waals surface area contributed by atoms with Gasteiger partial charge in [0.05, 0.1) is 5.69 Å². The summed E-state index contributed by atoms with van der Waals surface area (Å²) < 4.78 is 0. The molecule has 0 fully saturated rings. The summed E-state index contributed by atoms with van der Waals surface area (Å²) in [4.78, 5) is 4.31. The van der Waals surface area contributed by atoms with E-state index < -0.39 is 0 Å². The zero-order chi connectivity index (χ0) is 13.0. The lowest BCUT2D eigenvalue weighted by molar-refractivity contribution is 0.475. The van der Waals surface area contributed by atoms with Crippen molar-refractivity contribution in [2.75, 3.05) is 10.6 Å². The Morgan fingerprint density at radius 2 is 1.83 bits per heavy atom. The Morgan fingerprint density at radius 1 is 1.11 bits per heavy atom. The van der Waals surface area contributed by atoms with Gasteiger partial charge in [0.25, 0.3) is 0 Å². The molecule has 0 radical (unpaired) electrons. The monoisotopic (exact) mass is 243 g/mol. The molecule has 3 N–H and O–H groups in total. The lowest BCUT2D eigenvalue weighted by atomic mass is 10.3. The van der Waals surface area contributed by atoms with Gasteiger partial charge in [0.2, 0.25) is 0 Å². The van der Waals surface area contributed by atoms with Gasteiger partial charge >= 0.3 is 0 Å². The molecule has 0 bridgehead atoms. The summed E-state index contributed by atoms with van der Waals surface area (Å²) in [7, 11) is 0. The molecule has 1 heterocycles. The Bertz CT molecular complexity index is 509. The fourth-order valence-corrected chi connectivity index (χ4v) is 1.61. The van der Waals surface area contributed by atoms with Gasteiger partial charge in [0.1, 0.15) is 5.75 Å². The number of nitrogens with one attached hydrogen (secondary N) is 2. The average Bonchev–Trinajstić information content (AvgIpc) is 2.34. The van der Waals surface area contributed by atoms with E-state index in [0.717, 1.165) is 17.2 Å². The van der Waals surface area contributed by atoms with Crippen LogP contribution >= 0.6 is 0 Å². The van der Waals surface area contributed by atoms with Crippen molar-refractivity contribution >= 4 is 17.2 Å². The minimum atomic E-state index is 0.252. The Labute approximate surface area is 107 Å². The first-order chi connectivity index (χ1) is 8.65. The van der Waals surface area contributed by atoms with Crippen LogP contribution in [0.15, 0.2) is 42.6 Å². The Morgan fingerprint density at radius 3 is 2.50 bits per heavy atom. The molecule has 18 heavy (non-hydrogen) atoms. The van der Waals surface area contributed by atoms with E-state index in [9.17, 15) is 5.11 Å².